The number of amides is 2. The highest BCUT2D eigenvalue weighted by molar-refractivity contribution is 5.91. The lowest BCUT2D eigenvalue weighted by molar-refractivity contribution is 0.251. The van der Waals surface area contributed by atoms with Gasteiger partial charge in [0.1, 0.15) is 0 Å². The molecule has 0 spiro atoms. The number of aromatic nitrogens is 3. The van der Waals surface area contributed by atoms with Crippen molar-refractivity contribution in [1.29, 1.82) is 0 Å². The molecular formula is C18H19N5O. The van der Waals surface area contributed by atoms with E-state index in [1.165, 1.54) is 0 Å². The molecule has 24 heavy (non-hydrogen) atoms. The summed E-state index contributed by atoms with van der Waals surface area (Å²) in [6.45, 7) is 2.34. The number of rotatable bonds is 4. The first kappa shape index (κ1) is 15.7. The number of nitrogens with zero attached hydrogens (tertiary/aromatic N) is 3. The largest absolute Gasteiger partial charge is 0.332 e. The number of pyridine rings is 1. The zero-order valence-electron chi connectivity index (χ0n) is 13.7. The van der Waals surface area contributed by atoms with Gasteiger partial charge in [-0.25, -0.2) is 4.79 Å². The molecule has 3 rings (SSSR count). The van der Waals surface area contributed by atoms with Gasteiger partial charge in [0.25, 0.3) is 0 Å². The smallest absolute Gasteiger partial charge is 0.319 e. The number of hydrogen-bond acceptors (Lipinski definition) is 3. The highest BCUT2D eigenvalue weighted by Crippen LogP contribution is 2.24. The van der Waals surface area contributed by atoms with E-state index in [2.05, 4.69) is 20.7 Å². The molecule has 2 heterocycles. The number of nitrogens with one attached hydrogen (secondary N) is 2. The average Bonchev–Trinajstić information content (AvgIpc) is 3.02. The molecule has 2 amide bonds. The number of benzene rings is 1. The summed E-state index contributed by atoms with van der Waals surface area (Å²) in [5.74, 6) is 0. The summed E-state index contributed by atoms with van der Waals surface area (Å²) < 4.78 is 1.80. The Morgan fingerprint density at radius 3 is 2.75 bits per heavy atom. The van der Waals surface area contributed by atoms with Crippen LogP contribution in [0.25, 0.3) is 11.3 Å². The van der Waals surface area contributed by atoms with Crippen molar-refractivity contribution in [3.05, 3.63) is 66.1 Å². The van der Waals surface area contributed by atoms with Crippen LogP contribution in [0.15, 0.2) is 54.9 Å². The van der Waals surface area contributed by atoms with E-state index < -0.39 is 0 Å². The number of carbonyl (C=O) groups is 1. The normalized spacial score (nSPS) is 10.4. The van der Waals surface area contributed by atoms with E-state index in [0.29, 0.717) is 6.54 Å². The first-order valence-corrected chi connectivity index (χ1v) is 7.67. The van der Waals surface area contributed by atoms with Gasteiger partial charge in [0.05, 0.1) is 17.9 Å². The number of aryl methyl sites for hydroxylation is 2. The lowest BCUT2D eigenvalue weighted by Crippen LogP contribution is -2.28. The predicted molar refractivity (Wildman–Crippen MR) is 93.5 cm³/mol. The zero-order chi connectivity index (χ0) is 16.9. The highest BCUT2D eigenvalue weighted by atomic mass is 16.2. The first-order chi connectivity index (χ1) is 11.6. The first-order valence-electron chi connectivity index (χ1n) is 7.67. The summed E-state index contributed by atoms with van der Waals surface area (Å²) in [4.78, 5) is 16.3. The number of carbonyl (C=O) groups excluding carboxylic acids is 1. The fourth-order valence-corrected chi connectivity index (χ4v) is 2.41. The zero-order valence-corrected chi connectivity index (χ0v) is 13.7. The topological polar surface area (TPSA) is 71.8 Å². The minimum Gasteiger partial charge on any atom is -0.332 e. The lowest BCUT2D eigenvalue weighted by atomic mass is 10.1. The second-order valence-corrected chi connectivity index (χ2v) is 5.50. The van der Waals surface area contributed by atoms with Crippen LogP contribution in [0.5, 0.6) is 0 Å². The molecular weight excluding hydrogens is 302 g/mol. The predicted octanol–water partition coefficient (Wildman–Crippen LogP) is 3.11. The summed E-state index contributed by atoms with van der Waals surface area (Å²) in [7, 11) is 1.89. The van der Waals surface area contributed by atoms with Crippen LogP contribution < -0.4 is 10.6 Å². The molecule has 0 fully saturated rings. The summed E-state index contributed by atoms with van der Waals surface area (Å²) in [6.07, 6.45) is 3.46. The van der Waals surface area contributed by atoms with Crippen molar-refractivity contribution in [2.24, 2.45) is 7.05 Å². The Kier molecular flexibility index (Phi) is 4.56. The van der Waals surface area contributed by atoms with Gasteiger partial charge in [0.15, 0.2) is 0 Å². The third-order valence-electron chi connectivity index (χ3n) is 3.76. The second kappa shape index (κ2) is 6.95. The standard InChI is InChI=1S/C18H19N5O/c1-13-6-7-14(17-8-10-21-23(17)2)11-16(13)22-18(24)20-12-15-5-3-4-9-19-15/h3-11H,12H2,1-2H3,(H2,20,22,24). The molecule has 3 aromatic rings. The fourth-order valence-electron chi connectivity index (χ4n) is 2.41. The van der Waals surface area contributed by atoms with Gasteiger partial charge in [-0.1, -0.05) is 18.2 Å². The molecule has 0 saturated heterocycles. The summed E-state index contributed by atoms with van der Waals surface area (Å²) in [6, 6.07) is 13.2. The maximum atomic E-state index is 12.1. The van der Waals surface area contributed by atoms with Crippen molar-refractivity contribution >= 4 is 11.7 Å². The SMILES string of the molecule is Cc1ccc(-c2ccnn2C)cc1NC(=O)NCc1ccccn1. The van der Waals surface area contributed by atoms with E-state index in [4.69, 9.17) is 0 Å². The number of hydrogen-bond donors (Lipinski definition) is 2. The molecule has 0 aliphatic heterocycles. The molecule has 122 valence electrons. The Labute approximate surface area is 140 Å². The molecule has 1 aromatic carbocycles. The van der Waals surface area contributed by atoms with Crippen LogP contribution in [0.3, 0.4) is 0 Å². The molecule has 6 nitrogen and oxygen atoms in total. The van der Waals surface area contributed by atoms with Gasteiger partial charge >= 0.3 is 6.03 Å². The maximum absolute atomic E-state index is 12.1. The van der Waals surface area contributed by atoms with Crippen molar-refractivity contribution < 1.29 is 4.79 Å². The number of urea groups is 1. The molecule has 0 unspecified atom stereocenters. The molecule has 6 heteroatoms. The second-order valence-electron chi connectivity index (χ2n) is 5.50. The van der Waals surface area contributed by atoms with E-state index in [0.717, 1.165) is 28.2 Å². The van der Waals surface area contributed by atoms with Crippen LogP contribution in [0.4, 0.5) is 10.5 Å². The fraction of sp³-hybridized carbons (Fsp3) is 0.167. The third-order valence-corrected chi connectivity index (χ3v) is 3.76. The Balaban J connectivity index is 1.70. The van der Waals surface area contributed by atoms with Gasteiger partial charge in [-0.2, -0.15) is 5.10 Å². The quantitative estimate of drug-likeness (QED) is 0.775. The van der Waals surface area contributed by atoms with E-state index in [1.54, 1.807) is 17.1 Å². The third kappa shape index (κ3) is 3.60. The van der Waals surface area contributed by atoms with Crippen LogP contribution in [-0.2, 0) is 13.6 Å². The minimum atomic E-state index is -0.258. The molecule has 0 atom stereocenters. The molecule has 2 aromatic heterocycles. The van der Waals surface area contributed by atoms with E-state index in [-0.39, 0.29) is 6.03 Å². The molecule has 0 aliphatic rings. The van der Waals surface area contributed by atoms with Crippen molar-refractivity contribution in [2.75, 3.05) is 5.32 Å². The molecule has 0 aliphatic carbocycles. The van der Waals surface area contributed by atoms with E-state index in [1.807, 2.05) is 56.4 Å². The van der Waals surface area contributed by atoms with E-state index in [9.17, 15) is 4.79 Å². The van der Waals surface area contributed by atoms with Gasteiger partial charge in [0.2, 0.25) is 0 Å². The summed E-state index contributed by atoms with van der Waals surface area (Å²) in [5, 5.41) is 9.88. The van der Waals surface area contributed by atoms with Gasteiger partial charge < -0.3 is 10.6 Å². The van der Waals surface area contributed by atoms with Gasteiger partial charge in [-0.3, -0.25) is 9.67 Å². The molecule has 0 radical (unpaired) electrons. The van der Waals surface area contributed by atoms with Crippen molar-refractivity contribution in [3.8, 4) is 11.3 Å². The van der Waals surface area contributed by atoms with Crippen LogP contribution in [0.1, 0.15) is 11.3 Å². The van der Waals surface area contributed by atoms with Crippen molar-refractivity contribution in [2.45, 2.75) is 13.5 Å². The maximum Gasteiger partial charge on any atom is 0.319 e. The van der Waals surface area contributed by atoms with Gasteiger partial charge in [-0.05, 0) is 36.8 Å². The minimum absolute atomic E-state index is 0.258. The van der Waals surface area contributed by atoms with Crippen molar-refractivity contribution in [3.63, 3.8) is 0 Å². The Bertz CT molecular complexity index is 842. The van der Waals surface area contributed by atoms with Crippen LogP contribution in [0.2, 0.25) is 0 Å². The van der Waals surface area contributed by atoms with Gasteiger partial charge in [0, 0.05) is 30.7 Å². The van der Waals surface area contributed by atoms with Gasteiger partial charge in [-0.15, -0.1) is 0 Å². The Hall–Kier alpha value is -3.15. The highest BCUT2D eigenvalue weighted by Gasteiger charge is 2.08. The molecule has 0 saturated carbocycles. The summed E-state index contributed by atoms with van der Waals surface area (Å²) in [5.41, 5.74) is 4.57. The van der Waals surface area contributed by atoms with Crippen LogP contribution >= 0.6 is 0 Å². The monoisotopic (exact) mass is 321 g/mol. The Morgan fingerprint density at radius 1 is 1.17 bits per heavy atom. The summed E-state index contributed by atoms with van der Waals surface area (Å²) >= 11 is 0. The van der Waals surface area contributed by atoms with Crippen LogP contribution in [-0.4, -0.2) is 20.8 Å². The average molecular weight is 321 g/mol. The van der Waals surface area contributed by atoms with Crippen molar-refractivity contribution in [1.82, 2.24) is 20.1 Å². The number of anilines is 1. The Morgan fingerprint density at radius 2 is 2.04 bits per heavy atom. The lowest BCUT2D eigenvalue weighted by Gasteiger charge is -2.12. The molecule has 2 N–H and O–H groups in total. The molecule has 0 bridgehead atoms. The van der Waals surface area contributed by atoms with E-state index >= 15 is 0 Å². The van der Waals surface area contributed by atoms with Crippen LogP contribution in [0, 0.1) is 6.92 Å².